The smallest absolute Gasteiger partial charge is 0.257 e. The minimum Gasteiger partial charge on any atom is -0.493 e. The maximum Gasteiger partial charge on any atom is 0.257 e. The second kappa shape index (κ2) is 11.7. The number of fused-ring (bicyclic) bond motifs is 1. The highest BCUT2D eigenvalue weighted by Gasteiger charge is 2.41. The Balaban J connectivity index is 1.27. The zero-order valence-electron chi connectivity index (χ0n) is 23.5. The molecular weight excluding hydrogens is 585 g/mol. The number of rotatable bonds is 9. The predicted octanol–water partition coefficient (Wildman–Crippen LogP) is 6.11. The lowest BCUT2D eigenvalue weighted by Gasteiger charge is -2.32. The largest absolute Gasteiger partial charge is 0.493 e. The summed E-state index contributed by atoms with van der Waals surface area (Å²) in [5.41, 5.74) is 12.4. The Morgan fingerprint density at radius 2 is 1.72 bits per heavy atom. The van der Waals surface area contributed by atoms with Crippen molar-refractivity contribution in [3.63, 3.8) is 0 Å². The van der Waals surface area contributed by atoms with E-state index in [0.29, 0.717) is 40.0 Å². The standard InChI is InChI=1S/C31H28N6O4S2/c1-39-25-13-22(14-26(40-2)27(25)41-3)36-31(28-29(32)34-17-42-28)37-24(16-43-31)19-8-6-9-21(12-19)35-30(38)20-11-18-7-4-5-10-23(18)33-15-20/h4-17,36-37H,32H2,1-3H3,(H,35,38). The number of nitrogens with two attached hydrogens (primary N) is 1. The molecule has 6 rings (SSSR count). The number of hydrogen-bond acceptors (Lipinski definition) is 11. The third kappa shape index (κ3) is 5.49. The molecule has 12 heteroatoms. The number of nitrogen functional groups attached to an aromatic ring is 1. The van der Waals surface area contributed by atoms with Gasteiger partial charge in [0.2, 0.25) is 10.7 Å². The third-order valence-corrected chi connectivity index (χ3v) is 9.05. The molecule has 3 heterocycles. The Morgan fingerprint density at radius 3 is 2.44 bits per heavy atom. The highest BCUT2D eigenvalue weighted by atomic mass is 32.2. The Hall–Kier alpha value is -4.94. The zero-order valence-corrected chi connectivity index (χ0v) is 25.1. The van der Waals surface area contributed by atoms with Crippen molar-refractivity contribution in [2.45, 2.75) is 4.99 Å². The van der Waals surface area contributed by atoms with Gasteiger partial charge in [-0.05, 0) is 29.7 Å². The zero-order chi connectivity index (χ0) is 30.0. The van der Waals surface area contributed by atoms with Gasteiger partial charge in [-0.25, -0.2) is 4.98 Å². The Bertz CT molecular complexity index is 1830. The molecule has 1 aliphatic heterocycles. The van der Waals surface area contributed by atoms with Gasteiger partial charge in [0, 0.05) is 40.7 Å². The van der Waals surface area contributed by atoms with E-state index in [-0.39, 0.29) is 5.91 Å². The van der Waals surface area contributed by atoms with Crippen molar-refractivity contribution in [1.29, 1.82) is 0 Å². The number of aromatic nitrogens is 2. The quantitative estimate of drug-likeness (QED) is 0.155. The van der Waals surface area contributed by atoms with Gasteiger partial charge in [-0.2, -0.15) is 0 Å². The van der Waals surface area contributed by atoms with Crippen LogP contribution in [0.25, 0.3) is 16.6 Å². The van der Waals surface area contributed by atoms with E-state index in [9.17, 15) is 4.79 Å². The lowest BCUT2D eigenvalue weighted by molar-refractivity contribution is 0.102. The molecule has 0 radical (unpaired) electrons. The second-order valence-corrected chi connectivity index (χ2v) is 11.5. The second-order valence-electron chi connectivity index (χ2n) is 9.51. The van der Waals surface area contributed by atoms with Crippen LogP contribution in [-0.2, 0) is 4.99 Å². The van der Waals surface area contributed by atoms with E-state index < -0.39 is 4.99 Å². The van der Waals surface area contributed by atoms with E-state index >= 15 is 0 Å². The van der Waals surface area contributed by atoms with Gasteiger partial charge in [-0.3, -0.25) is 9.78 Å². The summed E-state index contributed by atoms with van der Waals surface area (Å²) in [5, 5.41) is 13.1. The number of carbonyl (C=O) groups is 1. The van der Waals surface area contributed by atoms with Gasteiger partial charge < -0.3 is 35.9 Å². The number of hydrogen-bond donors (Lipinski definition) is 4. The number of nitrogens with one attached hydrogen (secondary N) is 3. The van der Waals surface area contributed by atoms with Gasteiger partial charge in [0.25, 0.3) is 5.91 Å². The molecule has 1 atom stereocenters. The average Bonchev–Trinajstić information content (AvgIpc) is 3.67. The maximum absolute atomic E-state index is 13.1. The first-order chi connectivity index (χ1) is 20.9. The first-order valence-electron chi connectivity index (χ1n) is 13.1. The van der Waals surface area contributed by atoms with Gasteiger partial charge >= 0.3 is 0 Å². The van der Waals surface area contributed by atoms with E-state index in [0.717, 1.165) is 27.0 Å². The van der Waals surface area contributed by atoms with Crippen molar-refractivity contribution < 1.29 is 19.0 Å². The number of carbonyl (C=O) groups excluding carboxylic acids is 1. The molecule has 10 nitrogen and oxygen atoms in total. The molecule has 0 aliphatic carbocycles. The molecule has 0 bridgehead atoms. The number of amides is 1. The van der Waals surface area contributed by atoms with Crippen LogP contribution in [0, 0.1) is 0 Å². The van der Waals surface area contributed by atoms with Crippen LogP contribution in [0.1, 0.15) is 20.8 Å². The lowest BCUT2D eigenvalue weighted by Crippen LogP contribution is -2.42. The Labute approximate surface area is 256 Å². The fourth-order valence-corrected chi connectivity index (χ4v) is 6.85. The summed E-state index contributed by atoms with van der Waals surface area (Å²) >= 11 is 2.95. The van der Waals surface area contributed by atoms with Gasteiger partial charge in [-0.1, -0.05) is 42.1 Å². The molecule has 0 saturated carbocycles. The normalized spacial score (nSPS) is 15.8. The van der Waals surface area contributed by atoms with Gasteiger partial charge in [0.05, 0.1) is 43.6 Å². The van der Waals surface area contributed by atoms with Crippen LogP contribution in [0.4, 0.5) is 17.2 Å². The number of nitrogens with zero attached hydrogens (tertiary/aromatic N) is 2. The number of benzene rings is 3. The Morgan fingerprint density at radius 1 is 0.930 bits per heavy atom. The van der Waals surface area contributed by atoms with Crippen LogP contribution in [0.2, 0.25) is 0 Å². The van der Waals surface area contributed by atoms with Crippen LogP contribution in [-0.4, -0.2) is 37.2 Å². The first-order valence-corrected chi connectivity index (χ1v) is 14.9. The third-order valence-electron chi connectivity index (χ3n) is 6.85. The van der Waals surface area contributed by atoms with E-state index in [1.807, 2.05) is 72.1 Å². The van der Waals surface area contributed by atoms with Crippen molar-refractivity contribution in [3.8, 4) is 17.2 Å². The van der Waals surface area contributed by atoms with Crippen molar-refractivity contribution in [1.82, 2.24) is 15.3 Å². The molecule has 218 valence electrons. The molecule has 1 unspecified atom stereocenters. The van der Waals surface area contributed by atoms with E-state index in [2.05, 4.69) is 25.9 Å². The molecule has 43 heavy (non-hydrogen) atoms. The summed E-state index contributed by atoms with van der Waals surface area (Å²) in [4.78, 5) is 21.7. The SMILES string of the molecule is COc1cc(NC2(c3scnc3N)NC(c3cccc(NC(=O)c4cnc5ccccc5c4)c3)=CS2)cc(OC)c1OC. The molecule has 1 aliphatic rings. The predicted molar refractivity (Wildman–Crippen MR) is 173 cm³/mol. The molecular formula is C31H28N6O4S2. The Kier molecular flexibility index (Phi) is 7.70. The minimum absolute atomic E-state index is 0.242. The number of ether oxygens (including phenoxy) is 3. The van der Waals surface area contributed by atoms with Gasteiger partial charge in [0.15, 0.2) is 11.5 Å². The van der Waals surface area contributed by atoms with Crippen LogP contribution in [0.15, 0.2) is 83.8 Å². The number of para-hydroxylation sites is 1. The molecule has 5 aromatic rings. The molecule has 0 fully saturated rings. The number of methoxy groups -OCH3 is 3. The van der Waals surface area contributed by atoms with Crippen LogP contribution >= 0.6 is 23.1 Å². The van der Waals surface area contributed by atoms with Crippen molar-refractivity contribution in [2.24, 2.45) is 0 Å². The summed E-state index contributed by atoms with van der Waals surface area (Å²) in [6.45, 7) is 0. The molecule has 5 N–H and O–H groups in total. The highest BCUT2D eigenvalue weighted by molar-refractivity contribution is 8.03. The van der Waals surface area contributed by atoms with E-state index in [1.54, 1.807) is 33.0 Å². The number of pyridine rings is 1. The molecule has 0 spiro atoms. The van der Waals surface area contributed by atoms with Crippen molar-refractivity contribution in [3.05, 3.63) is 99.8 Å². The fourth-order valence-electron chi connectivity index (χ4n) is 4.80. The minimum atomic E-state index is -0.888. The van der Waals surface area contributed by atoms with Gasteiger partial charge in [-0.15, -0.1) is 11.3 Å². The summed E-state index contributed by atoms with van der Waals surface area (Å²) < 4.78 is 16.6. The summed E-state index contributed by atoms with van der Waals surface area (Å²) in [6, 6.07) is 20.8. The fraction of sp³-hybridized carbons (Fsp3) is 0.129. The van der Waals surface area contributed by atoms with E-state index in [4.69, 9.17) is 19.9 Å². The molecule has 3 aromatic carbocycles. The monoisotopic (exact) mass is 612 g/mol. The highest BCUT2D eigenvalue weighted by Crippen LogP contribution is 2.49. The van der Waals surface area contributed by atoms with Crippen LogP contribution < -0.4 is 35.9 Å². The van der Waals surface area contributed by atoms with Gasteiger partial charge in [0.1, 0.15) is 10.7 Å². The maximum atomic E-state index is 13.1. The number of thiazole rings is 1. The average molecular weight is 613 g/mol. The molecule has 0 saturated heterocycles. The lowest BCUT2D eigenvalue weighted by atomic mass is 10.1. The number of anilines is 3. The first kappa shape index (κ1) is 28.2. The molecule has 2 aromatic heterocycles. The summed E-state index contributed by atoms with van der Waals surface area (Å²) in [6.07, 6.45) is 1.59. The molecule has 1 amide bonds. The number of thioether (sulfide) groups is 1. The van der Waals surface area contributed by atoms with Crippen molar-refractivity contribution >= 4 is 62.8 Å². The summed E-state index contributed by atoms with van der Waals surface area (Å²) in [5.74, 6) is 1.68. The van der Waals surface area contributed by atoms with Crippen LogP contribution in [0.5, 0.6) is 17.2 Å². The van der Waals surface area contributed by atoms with Crippen LogP contribution in [0.3, 0.4) is 0 Å². The summed E-state index contributed by atoms with van der Waals surface area (Å²) in [7, 11) is 4.71. The topological polar surface area (TPSA) is 133 Å². The van der Waals surface area contributed by atoms with E-state index in [1.165, 1.54) is 23.1 Å². The van der Waals surface area contributed by atoms with Crippen molar-refractivity contribution in [2.75, 3.05) is 37.7 Å².